The number of unbranched alkanes of at least 4 members (excludes halogenated alkanes) is 45. The maximum Gasteiger partial charge on any atom is 0.472 e. The molecule has 0 radical (unpaired) electrons. The summed E-state index contributed by atoms with van der Waals surface area (Å²) in [6.07, 6.45) is 55.8. The Kier molecular flexibility index (Phi) is 66.5. The van der Waals surface area contributed by atoms with E-state index in [0.717, 1.165) is 95.8 Å². The molecular weight excluding hydrogens is 1250 g/mol. The molecule has 0 saturated carbocycles. The highest BCUT2D eigenvalue weighted by atomic mass is 31.2. The minimum Gasteiger partial charge on any atom is -0.462 e. The first kappa shape index (κ1) is 93.1. The fraction of sp³-hybridized carbons (Fsp3) is 0.947. The largest absolute Gasteiger partial charge is 0.472 e. The second kappa shape index (κ2) is 67.9. The van der Waals surface area contributed by atoms with Crippen molar-refractivity contribution in [2.45, 2.75) is 413 Å². The molecule has 0 aromatic carbocycles. The molecule has 17 nitrogen and oxygen atoms in total. The maximum atomic E-state index is 13.1. The molecule has 564 valence electrons. The van der Waals surface area contributed by atoms with Crippen molar-refractivity contribution in [1.82, 2.24) is 0 Å². The number of aliphatic hydroxyl groups excluding tert-OH is 1. The molecule has 0 heterocycles. The van der Waals surface area contributed by atoms with Crippen LogP contribution in [0.4, 0.5) is 0 Å². The van der Waals surface area contributed by atoms with E-state index in [2.05, 4.69) is 41.5 Å². The fourth-order valence-corrected chi connectivity index (χ4v) is 13.2. The van der Waals surface area contributed by atoms with Crippen molar-refractivity contribution < 1.29 is 80.2 Å². The van der Waals surface area contributed by atoms with Gasteiger partial charge >= 0.3 is 39.5 Å². The molecule has 19 heteroatoms. The molecule has 0 amide bonds. The van der Waals surface area contributed by atoms with Crippen LogP contribution in [0, 0.1) is 11.8 Å². The summed E-state index contributed by atoms with van der Waals surface area (Å²) < 4.78 is 68.4. The standard InChI is InChI=1S/C76H148O17P2/c1-7-9-11-13-15-17-18-19-20-26-29-32-36-40-47-53-59-74(79)87-64-71(92-75(80)60-54-48-41-37-33-30-27-24-22-21-23-25-28-31-35-38-44-50-56-68(3)4)66-90-94(82,83)88-62-70(77)63-89-95(84,85)91-67-72(93-76(81)61-55-49-43-42-45-51-57-69(5)6)65-86-73(78)58-52-46-39-34-16-14-12-10-8-2/h68-72,77H,7-67H2,1-6H3,(H,82,83)(H,84,85)/t70-,71-,72-/m1/s1. The van der Waals surface area contributed by atoms with Gasteiger partial charge in [0.25, 0.3) is 0 Å². The summed E-state index contributed by atoms with van der Waals surface area (Å²) >= 11 is 0. The Balaban J connectivity index is 5.17. The molecule has 95 heavy (non-hydrogen) atoms. The van der Waals surface area contributed by atoms with Gasteiger partial charge in [-0.15, -0.1) is 0 Å². The van der Waals surface area contributed by atoms with Gasteiger partial charge in [0.2, 0.25) is 0 Å². The van der Waals surface area contributed by atoms with Crippen LogP contribution in [0.5, 0.6) is 0 Å². The summed E-state index contributed by atoms with van der Waals surface area (Å²) in [4.78, 5) is 72.7. The molecule has 0 aliphatic carbocycles. The Hall–Kier alpha value is -1.94. The molecule has 0 aliphatic heterocycles. The number of ether oxygens (including phenoxy) is 4. The van der Waals surface area contributed by atoms with Crippen LogP contribution in [0.1, 0.15) is 395 Å². The van der Waals surface area contributed by atoms with Gasteiger partial charge in [0, 0.05) is 25.7 Å². The third kappa shape index (κ3) is 70.3. The van der Waals surface area contributed by atoms with Gasteiger partial charge in [-0.2, -0.15) is 0 Å². The van der Waals surface area contributed by atoms with Crippen LogP contribution < -0.4 is 0 Å². The Bertz CT molecular complexity index is 1840. The molecule has 0 saturated heterocycles. The smallest absolute Gasteiger partial charge is 0.462 e. The predicted octanol–water partition coefficient (Wildman–Crippen LogP) is 22.3. The lowest BCUT2D eigenvalue weighted by Crippen LogP contribution is -2.30. The zero-order valence-electron chi connectivity index (χ0n) is 62.0. The first-order valence-corrected chi connectivity index (χ1v) is 42.5. The molecule has 5 atom stereocenters. The summed E-state index contributed by atoms with van der Waals surface area (Å²) in [6, 6.07) is 0. The lowest BCUT2D eigenvalue weighted by atomic mass is 10.0. The number of phosphoric acid groups is 2. The average molecular weight is 1400 g/mol. The van der Waals surface area contributed by atoms with Crippen molar-refractivity contribution in [1.29, 1.82) is 0 Å². The number of hydrogen-bond donors (Lipinski definition) is 3. The number of aliphatic hydroxyl groups is 1. The predicted molar refractivity (Wildman–Crippen MR) is 386 cm³/mol. The second-order valence-corrected chi connectivity index (χ2v) is 31.3. The van der Waals surface area contributed by atoms with E-state index in [4.69, 9.17) is 37.0 Å². The molecule has 0 aromatic rings. The summed E-state index contributed by atoms with van der Waals surface area (Å²) in [5.74, 6) is -0.632. The van der Waals surface area contributed by atoms with Crippen LogP contribution in [0.15, 0.2) is 0 Å². The normalized spacial score (nSPS) is 14.0. The van der Waals surface area contributed by atoms with Gasteiger partial charge in [0.05, 0.1) is 26.4 Å². The minimum absolute atomic E-state index is 0.102. The minimum atomic E-state index is -4.96. The number of hydrogen-bond acceptors (Lipinski definition) is 15. The van der Waals surface area contributed by atoms with Crippen molar-refractivity contribution in [3.05, 3.63) is 0 Å². The highest BCUT2D eigenvalue weighted by Gasteiger charge is 2.30. The lowest BCUT2D eigenvalue weighted by molar-refractivity contribution is -0.161. The monoisotopic (exact) mass is 1400 g/mol. The van der Waals surface area contributed by atoms with Gasteiger partial charge in [-0.25, -0.2) is 9.13 Å². The van der Waals surface area contributed by atoms with Crippen LogP contribution in [-0.2, 0) is 65.4 Å². The second-order valence-electron chi connectivity index (χ2n) is 28.3. The highest BCUT2D eigenvalue weighted by Crippen LogP contribution is 2.45. The van der Waals surface area contributed by atoms with Crippen LogP contribution in [-0.4, -0.2) is 96.7 Å². The summed E-state index contributed by atoms with van der Waals surface area (Å²) in [6.45, 7) is 9.52. The van der Waals surface area contributed by atoms with Gasteiger partial charge in [0.1, 0.15) is 19.3 Å². The Labute approximate surface area is 581 Å². The van der Waals surface area contributed by atoms with Gasteiger partial charge in [-0.05, 0) is 37.5 Å². The fourth-order valence-electron chi connectivity index (χ4n) is 11.7. The van der Waals surface area contributed by atoms with Gasteiger partial charge < -0.3 is 33.8 Å². The zero-order chi connectivity index (χ0) is 70.0. The average Bonchev–Trinajstić information content (AvgIpc) is 1.59. The highest BCUT2D eigenvalue weighted by molar-refractivity contribution is 7.47. The maximum absolute atomic E-state index is 13.1. The molecule has 2 unspecified atom stereocenters. The van der Waals surface area contributed by atoms with E-state index >= 15 is 0 Å². The summed E-state index contributed by atoms with van der Waals surface area (Å²) in [7, 11) is -9.90. The van der Waals surface area contributed by atoms with Crippen molar-refractivity contribution in [3.8, 4) is 0 Å². The van der Waals surface area contributed by atoms with E-state index in [1.165, 1.54) is 212 Å². The van der Waals surface area contributed by atoms with Gasteiger partial charge in [-0.1, -0.05) is 343 Å². The quantitative estimate of drug-likeness (QED) is 0.0222. The molecule has 0 bridgehead atoms. The van der Waals surface area contributed by atoms with E-state index in [-0.39, 0.29) is 25.7 Å². The Morgan fingerprint density at radius 2 is 0.484 bits per heavy atom. The van der Waals surface area contributed by atoms with E-state index < -0.39 is 97.5 Å². The van der Waals surface area contributed by atoms with Crippen LogP contribution in [0.25, 0.3) is 0 Å². The van der Waals surface area contributed by atoms with Crippen LogP contribution in [0.2, 0.25) is 0 Å². The van der Waals surface area contributed by atoms with Crippen LogP contribution in [0.3, 0.4) is 0 Å². The van der Waals surface area contributed by atoms with Crippen LogP contribution >= 0.6 is 15.6 Å². The third-order valence-corrected chi connectivity index (χ3v) is 19.6. The first-order valence-electron chi connectivity index (χ1n) is 39.5. The molecule has 0 fully saturated rings. The van der Waals surface area contributed by atoms with E-state index in [0.29, 0.717) is 31.6 Å². The molecule has 0 rings (SSSR count). The Morgan fingerprint density at radius 3 is 0.716 bits per heavy atom. The molecular formula is C76H148O17P2. The number of esters is 4. The molecule has 0 aliphatic rings. The number of rotatable bonds is 75. The molecule has 0 aromatic heterocycles. The number of phosphoric ester groups is 2. The van der Waals surface area contributed by atoms with Gasteiger partial charge in [0.15, 0.2) is 12.2 Å². The van der Waals surface area contributed by atoms with Crippen molar-refractivity contribution in [2.24, 2.45) is 11.8 Å². The van der Waals surface area contributed by atoms with E-state index in [1.54, 1.807) is 0 Å². The van der Waals surface area contributed by atoms with E-state index in [9.17, 15) is 43.2 Å². The zero-order valence-corrected chi connectivity index (χ0v) is 63.8. The molecule has 3 N–H and O–H groups in total. The Morgan fingerprint density at radius 1 is 0.284 bits per heavy atom. The third-order valence-electron chi connectivity index (χ3n) is 17.7. The first-order chi connectivity index (χ1) is 45.9. The topological polar surface area (TPSA) is 237 Å². The van der Waals surface area contributed by atoms with Crippen molar-refractivity contribution in [2.75, 3.05) is 39.6 Å². The van der Waals surface area contributed by atoms with Gasteiger partial charge in [-0.3, -0.25) is 37.3 Å². The summed E-state index contributed by atoms with van der Waals surface area (Å²) in [5.41, 5.74) is 0. The van der Waals surface area contributed by atoms with E-state index in [1.807, 2.05) is 0 Å². The number of carbonyl (C=O) groups is 4. The number of carbonyl (C=O) groups excluding carboxylic acids is 4. The molecule has 0 spiro atoms. The summed E-state index contributed by atoms with van der Waals surface area (Å²) in [5, 5.41) is 10.6. The SMILES string of the molecule is CCCCCCCCCCCCCCCCCCC(=O)OC[C@H](COP(=O)(O)OC[C@@H](O)COP(=O)(O)OC[C@@H](COC(=O)CCCCCCCCCCC)OC(=O)CCCCCCCCC(C)C)OC(=O)CCCCCCCCCCCCCCCCCCCCC(C)C. The van der Waals surface area contributed by atoms with Crippen molar-refractivity contribution >= 4 is 39.5 Å². The van der Waals surface area contributed by atoms with Crippen molar-refractivity contribution in [3.63, 3.8) is 0 Å². The lowest BCUT2D eigenvalue weighted by Gasteiger charge is -2.21.